The molecule has 0 saturated carbocycles. The molecule has 0 aliphatic rings. The van der Waals surface area contributed by atoms with Gasteiger partial charge < -0.3 is 27.3 Å². The van der Waals surface area contributed by atoms with Crippen LogP contribution in [0.15, 0.2) is 36.7 Å². The van der Waals surface area contributed by atoms with Crippen molar-refractivity contribution in [2.75, 3.05) is 33.5 Å². The summed E-state index contributed by atoms with van der Waals surface area (Å²) in [4.78, 5) is 11.4. The molecule has 0 aliphatic heterocycles. The van der Waals surface area contributed by atoms with Crippen molar-refractivity contribution in [3.05, 3.63) is 52.3 Å². The molecule has 0 N–H and O–H groups in total. The van der Waals surface area contributed by atoms with Gasteiger partial charge in [0.25, 0.3) is 5.69 Å². The summed E-state index contributed by atoms with van der Waals surface area (Å²) in [5.41, 5.74) is 0.537. The lowest BCUT2D eigenvalue weighted by Crippen LogP contribution is -2.46. The topological polar surface area (TPSA) is 94.2 Å². The van der Waals surface area contributed by atoms with Crippen LogP contribution in [0.1, 0.15) is 45.7 Å². The van der Waals surface area contributed by atoms with E-state index in [-0.39, 0.29) is 11.7 Å². The highest BCUT2D eigenvalue weighted by Gasteiger charge is 2.39. The highest BCUT2D eigenvalue weighted by atomic mass is 28.4. The van der Waals surface area contributed by atoms with Crippen molar-refractivity contribution in [1.29, 1.82) is 0 Å². The number of aromatic nitrogens is 1. The lowest BCUT2D eigenvalue weighted by molar-refractivity contribution is -0.385. The lowest BCUT2D eigenvalue weighted by atomic mass is 10.0. The molecule has 1 aromatic carbocycles. The van der Waals surface area contributed by atoms with E-state index in [1.54, 1.807) is 6.07 Å². The normalized spacial score (nSPS) is 12.5. The highest BCUT2D eigenvalue weighted by Crippen LogP contribution is 2.38. The Morgan fingerprint density at radius 2 is 1.62 bits per heavy atom. The Balaban J connectivity index is 2.17. The second-order valence-corrected chi connectivity index (χ2v) is 9.79. The van der Waals surface area contributed by atoms with Crippen LogP contribution in [0, 0.1) is 10.1 Å². The molecule has 1 atom stereocenters. The lowest BCUT2D eigenvalue weighted by Gasteiger charge is -2.28. The van der Waals surface area contributed by atoms with Crippen molar-refractivity contribution >= 4 is 14.5 Å². The van der Waals surface area contributed by atoms with Crippen LogP contribution in [-0.2, 0) is 13.3 Å². The SMILES string of the molecule is CCO[Si](CCCOc1cc([N+](=O)[O-])c(C(C)n2cccc2)cc1OC)(OCC)OCC. The minimum Gasteiger partial charge on any atom is -0.493 e. The van der Waals surface area contributed by atoms with Gasteiger partial charge in [0, 0.05) is 38.3 Å². The fourth-order valence-corrected chi connectivity index (χ4v) is 6.15. The maximum absolute atomic E-state index is 11.8. The standard InChI is InChI=1S/C22H34N2O7Si/c1-6-29-32(30-7-2,31-8-3)15-11-14-28-22-17-20(24(25)26)19(16-21(22)27-5)18(4)23-12-9-10-13-23/h9-10,12-13,16-18H,6-8,11,14-15H2,1-5H3. The maximum Gasteiger partial charge on any atom is 0.501 e. The molecule has 0 spiro atoms. The van der Waals surface area contributed by atoms with Crippen molar-refractivity contribution in [1.82, 2.24) is 4.57 Å². The van der Waals surface area contributed by atoms with E-state index in [9.17, 15) is 10.1 Å². The number of nitro groups is 1. The Morgan fingerprint density at radius 1 is 1.03 bits per heavy atom. The van der Waals surface area contributed by atoms with Gasteiger partial charge in [0.1, 0.15) is 0 Å². The minimum absolute atomic E-state index is 0.0105. The Hall–Kier alpha value is -2.40. The molecule has 9 nitrogen and oxygen atoms in total. The average Bonchev–Trinajstić information content (AvgIpc) is 3.31. The summed E-state index contributed by atoms with van der Waals surface area (Å²) < 4.78 is 30.9. The maximum atomic E-state index is 11.8. The van der Waals surface area contributed by atoms with Crippen LogP contribution in [0.3, 0.4) is 0 Å². The Labute approximate surface area is 190 Å². The van der Waals surface area contributed by atoms with Gasteiger partial charge in [0.05, 0.1) is 36.3 Å². The Bertz CT molecular complexity index is 828. The summed E-state index contributed by atoms with van der Waals surface area (Å²) in [6.07, 6.45) is 4.36. The second-order valence-electron chi connectivity index (χ2n) is 7.06. The zero-order chi connectivity index (χ0) is 23.6. The molecule has 0 aliphatic carbocycles. The molecule has 2 aromatic rings. The van der Waals surface area contributed by atoms with Crippen LogP contribution >= 0.6 is 0 Å². The van der Waals surface area contributed by atoms with Crippen LogP contribution in [-0.4, -0.2) is 51.8 Å². The molecule has 1 heterocycles. The molecule has 0 fully saturated rings. The van der Waals surface area contributed by atoms with Crippen LogP contribution in [0.4, 0.5) is 5.69 Å². The van der Waals surface area contributed by atoms with E-state index in [4.69, 9.17) is 22.8 Å². The Kier molecular flexibility index (Phi) is 10.2. The third-order valence-electron chi connectivity index (χ3n) is 5.01. The summed E-state index contributed by atoms with van der Waals surface area (Å²) in [7, 11) is -1.24. The number of hydrogen-bond acceptors (Lipinski definition) is 7. The van der Waals surface area contributed by atoms with Gasteiger partial charge in [-0.05, 0) is 52.3 Å². The zero-order valence-electron chi connectivity index (χ0n) is 19.5. The van der Waals surface area contributed by atoms with Crippen molar-refractivity contribution in [3.8, 4) is 11.5 Å². The van der Waals surface area contributed by atoms with E-state index < -0.39 is 13.7 Å². The molecule has 10 heteroatoms. The van der Waals surface area contributed by atoms with Gasteiger partial charge in [-0.15, -0.1) is 0 Å². The van der Waals surface area contributed by atoms with Gasteiger partial charge in [-0.3, -0.25) is 10.1 Å². The van der Waals surface area contributed by atoms with Crippen LogP contribution in [0.2, 0.25) is 6.04 Å². The molecule has 0 saturated heterocycles. The fourth-order valence-electron chi connectivity index (χ4n) is 3.57. The number of nitro benzene ring substituents is 1. The van der Waals surface area contributed by atoms with Gasteiger partial charge in [-0.2, -0.15) is 0 Å². The van der Waals surface area contributed by atoms with Gasteiger partial charge in [-0.25, -0.2) is 0 Å². The van der Waals surface area contributed by atoms with Gasteiger partial charge in [0.2, 0.25) is 0 Å². The first-order valence-electron chi connectivity index (χ1n) is 10.9. The quantitative estimate of drug-likeness (QED) is 0.161. The fraction of sp³-hybridized carbons (Fsp3) is 0.545. The van der Waals surface area contributed by atoms with Crippen LogP contribution in [0.25, 0.3) is 0 Å². The molecule has 32 heavy (non-hydrogen) atoms. The molecule has 0 radical (unpaired) electrons. The van der Waals surface area contributed by atoms with E-state index in [0.29, 0.717) is 56.0 Å². The molecular weight excluding hydrogens is 432 g/mol. The number of hydrogen-bond donors (Lipinski definition) is 0. The van der Waals surface area contributed by atoms with Crippen molar-refractivity contribution in [2.24, 2.45) is 0 Å². The molecule has 2 rings (SSSR count). The van der Waals surface area contributed by atoms with Crippen LogP contribution in [0.5, 0.6) is 11.5 Å². The summed E-state index contributed by atoms with van der Waals surface area (Å²) in [6, 6.07) is 7.24. The van der Waals surface area contributed by atoms with Crippen molar-refractivity contribution in [3.63, 3.8) is 0 Å². The largest absolute Gasteiger partial charge is 0.501 e. The van der Waals surface area contributed by atoms with E-state index in [0.717, 1.165) is 0 Å². The number of methoxy groups -OCH3 is 1. The first-order chi connectivity index (χ1) is 15.4. The zero-order valence-corrected chi connectivity index (χ0v) is 20.5. The van der Waals surface area contributed by atoms with Crippen molar-refractivity contribution in [2.45, 2.75) is 46.2 Å². The van der Waals surface area contributed by atoms with E-state index in [1.165, 1.54) is 13.2 Å². The van der Waals surface area contributed by atoms with Crippen molar-refractivity contribution < 1.29 is 27.7 Å². The molecule has 1 unspecified atom stereocenters. The third kappa shape index (κ3) is 6.55. The predicted octanol–water partition coefficient (Wildman–Crippen LogP) is 4.83. The molecular formula is C22H34N2O7Si. The monoisotopic (exact) mass is 466 g/mol. The molecule has 0 bridgehead atoms. The molecule has 178 valence electrons. The number of ether oxygens (including phenoxy) is 2. The first-order valence-corrected chi connectivity index (χ1v) is 12.9. The second kappa shape index (κ2) is 12.6. The predicted molar refractivity (Wildman–Crippen MR) is 123 cm³/mol. The van der Waals surface area contributed by atoms with Gasteiger partial charge in [0.15, 0.2) is 11.5 Å². The number of benzene rings is 1. The highest BCUT2D eigenvalue weighted by molar-refractivity contribution is 6.60. The summed E-state index contributed by atoms with van der Waals surface area (Å²) >= 11 is 0. The average molecular weight is 467 g/mol. The summed E-state index contributed by atoms with van der Waals surface area (Å²) in [6.45, 7) is 9.49. The first kappa shape index (κ1) is 25.9. The summed E-state index contributed by atoms with van der Waals surface area (Å²) in [5, 5.41) is 11.8. The molecule has 0 amide bonds. The summed E-state index contributed by atoms with van der Waals surface area (Å²) in [5.74, 6) is 0.784. The van der Waals surface area contributed by atoms with Gasteiger partial charge in [-0.1, -0.05) is 0 Å². The minimum atomic E-state index is -2.76. The van der Waals surface area contributed by atoms with E-state index in [2.05, 4.69) is 0 Å². The van der Waals surface area contributed by atoms with E-state index >= 15 is 0 Å². The number of nitrogens with zero attached hydrogens (tertiary/aromatic N) is 2. The third-order valence-corrected chi connectivity index (χ3v) is 8.16. The smallest absolute Gasteiger partial charge is 0.493 e. The Morgan fingerprint density at radius 3 is 2.12 bits per heavy atom. The number of rotatable bonds is 15. The van der Waals surface area contributed by atoms with Gasteiger partial charge >= 0.3 is 8.80 Å². The van der Waals surface area contributed by atoms with Crippen LogP contribution < -0.4 is 9.47 Å². The van der Waals surface area contributed by atoms with E-state index in [1.807, 2.05) is 56.8 Å². The molecule has 1 aromatic heterocycles.